The summed E-state index contributed by atoms with van der Waals surface area (Å²) in [5, 5.41) is 7.04. The summed E-state index contributed by atoms with van der Waals surface area (Å²) in [6, 6.07) is 15.1. The molecule has 3 aromatic rings. The topological polar surface area (TPSA) is 24.9 Å². The van der Waals surface area contributed by atoms with Gasteiger partial charge >= 0.3 is 0 Å². The zero-order valence-electron chi connectivity index (χ0n) is 11.0. The van der Waals surface area contributed by atoms with Gasteiger partial charge in [0.25, 0.3) is 0 Å². The monoisotopic (exact) mass is 248 g/mol. The van der Waals surface area contributed by atoms with Gasteiger partial charge in [-0.15, -0.1) is 0 Å². The molecular weight excluding hydrogens is 232 g/mol. The molecule has 0 unspecified atom stereocenters. The molecule has 1 aromatic heterocycles. The van der Waals surface area contributed by atoms with Gasteiger partial charge < -0.3 is 5.32 Å². The lowest BCUT2D eigenvalue weighted by molar-refractivity contribution is 1.05. The summed E-state index contributed by atoms with van der Waals surface area (Å²) in [7, 11) is 1.99. The van der Waals surface area contributed by atoms with Gasteiger partial charge in [0.1, 0.15) is 0 Å². The number of anilines is 1. The molecule has 1 aliphatic rings. The smallest absolute Gasteiger partial charge is 0.0804 e. The van der Waals surface area contributed by atoms with Crippen LogP contribution in [0.1, 0.15) is 24.5 Å². The first-order valence-electron chi connectivity index (χ1n) is 6.87. The van der Waals surface area contributed by atoms with E-state index in [1.165, 1.54) is 40.4 Å². The van der Waals surface area contributed by atoms with Crippen LogP contribution in [0.5, 0.6) is 0 Å². The molecule has 1 heterocycles. The molecule has 2 aromatic carbocycles. The molecule has 4 rings (SSSR count). The molecule has 0 radical (unpaired) electrons. The van der Waals surface area contributed by atoms with Crippen LogP contribution < -0.4 is 5.32 Å². The number of aromatic nitrogens is 1. The van der Waals surface area contributed by atoms with Gasteiger partial charge in [0.2, 0.25) is 0 Å². The van der Waals surface area contributed by atoms with Gasteiger partial charge in [-0.3, -0.25) is 4.98 Å². The minimum absolute atomic E-state index is 0.676. The Balaban J connectivity index is 2.13. The van der Waals surface area contributed by atoms with Crippen LogP contribution in [-0.2, 0) is 0 Å². The van der Waals surface area contributed by atoms with Gasteiger partial charge in [-0.2, -0.15) is 0 Å². The van der Waals surface area contributed by atoms with Crippen LogP contribution in [0.3, 0.4) is 0 Å². The normalized spacial score (nSPS) is 15.0. The molecule has 2 nitrogen and oxygen atoms in total. The highest BCUT2D eigenvalue weighted by molar-refractivity contribution is 6.09. The van der Waals surface area contributed by atoms with Crippen molar-refractivity contribution in [3.8, 4) is 0 Å². The third-order valence-corrected chi connectivity index (χ3v) is 3.99. The second-order valence-electron chi connectivity index (χ2n) is 5.30. The van der Waals surface area contributed by atoms with Crippen LogP contribution in [-0.4, -0.2) is 12.0 Å². The van der Waals surface area contributed by atoms with E-state index in [0.717, 1.165) is 5.52 Å². The lowest BCUT2D eigenvalue weighted by Gasteiger charge is -2.11. The Morgan fingerprint density at radius 1 is 1.05 bits per heavy atom. The van der Waals surface area contributed by atoms with Gasteiger partial charge in [0.15, 0.2) is 0 Å². The molecule has 1 N–H and O–H groups in total. The highest BCUT2D eigenvalue weighted by Gasteiger charge is 2.26. The first-order valence-corrected chi connectivity index (χ1v) is 6.87. The quantitative estimate of drug-likeness (QED) is 0.684. The van der Waals surface area contributed by atoms with Crippen molar-refractivity contribution in [1.29, 1.82) is 0 Å². The molecule has 1 saturated carbocycles. The van der Waals surface area contributed by atoms with Crippen molar-refractivity contribution in [3.63, 3.8) is 0 Å². The zero-order valence-corrected chi connectivity index (χ0v) is 11.0. The maximum Gasteiger partial charge on any atom is 0.0804 e. The standard InChI is InChI=1S/C17H16N2/c1-18-16-10-15(12-6-7-12)19-17-13-5-3-2-4-11(13)8-9-14(16)17/h2-5,8-10,12H,6-7H2,1H3,(H,18,19). The molecule has 0 saturated heterocycles. The lowest BCUT2D eigenvalue weighted by atomic mass is 10.0. The molecule has 94 valence electrons. The Hall–Kier alpha value is -2.09. The summed E-state index contributed by atoms with van der Waals surface area (Å²) < 4.78 is 0. The van der Waals surface area contributed by atoms with Crippen LogP contribution in [0, 0.1) is 0 Å². The van der Waals surface area contributed by atoms with Crippen molar-refractivity contribution < 1.29 is 0 Å². The fourth-order valence-corrected chi connectivity index (χ4v) is 2.78. The second-order valence-corrected chi connectivity index (χ2v) is 5.30. The lowest BCUT2D eigenvalue weighted by Crippen LogP contribution is -1.96. The van der Waals surface area contributed by atoms with E-state index in [1.54, 1.807) is 0 Å². The van der Waals surface area contributed by atoms with Crippen LogP contribution in [0.15, 0.2) is 42.5 Å². The number of rotatable bonds is 2. The third-order valence-electron chi connectivity index (χ3n) is 3.99. The summed E-state index contributed by atoms with van der Waals surface area (Å²) in [5.74, 6) is 0.676. The van der Waals surface area contributed by atoms with Crippen LogP contribution in [0.2, 0.25) is 0 Å². The molecule has 0 atom stereocenters. The average molecular weight is 248 g/mol. The van der Waals surface area contributed by atoms with E-state index in [2.05, 4.69) is 47.8 Å². The fraction of sp³-hybridized carbons (Fsp3) is 0.235. The first kappa shape index (κ1) is 10.8. The highest BCUT2D eigenvalue weighted by atomic mass is 14.8. The largest absolute Gasteiger partial charge is 0.388 e. The van der Waals surface area contributed by atoms with E-state index in [9.17, 15) is 0 Å². The molecule has 0 aliphatic heterocycles. The number of pyridine rings is 1. The molecule has 0 amide bonds. The van der Waals surface area contributed by atoms with Crippen molar-refractivity contribution >= 4 is 27.4 Å². The van der Waals surface area contributed by atoms with Gasteiger partial charge in [-0.05, 0) is 24.3 Å². The van der Waals surface area contributed by atoms with Crippen molar-refractivity contribution in [2.75, 3.05) is 12.4 Å². The van der Waals surface area contributed by atoms with E-state index in [-0.39, 0.29) is 0 Å². The van der Waals surface area contributed by atoms with E-state index >= 15 is 0 Å². The fourth-order valence-electron chi connectivity index (χ4n) is 2.78. The van der Waals surface area contributed by atoms with Gasteiger partial charge in [0.05, 0.1) is 5.52 Å². The van der Waals surface area contributed by atoms with Gasteiger partial charge in [-0.1, -0.05) is 36.4 Å². The number of nitrogens with one attached hydrogen (secondary N) is 1. The Morgan fingerprint density at radius 2 is 1.89 bits per heavy atom. The van der Waals surface area contributed by atoms with Crippen LogP contribution >= 0.6 is 0 Å². The number of hydrogen-bond donors (Lipinski definition) is 1. The number of nitrogens with zero attached hydrogens (tertiary/aromatic N) is 1. The summed E-state index contributed by atoms with van der Waals surface area (Å²) in [6.07, 6.45) is 2.57. The third kappa shape index (κ3) is 1.67. The van der Waals surface area contributed by atoms with Crippen LogP contribution in [0.4, 0.5) is 5.69 Å². The van der Waals surface area contributed by atoms with E-state index in [0.29, 0.717) is 5.92 Å². The van der Waals surface area contributed by atoms with Crippen molar-refractivity contribution in [3.05, 3.63) is 48.2 Å². The predicted molar refractivity (Wildman–Crippen MR) is 80.8 cm³/mol. The van der Waals surface area contributed by atoms with Crippen LogP contribution in [0.25, 0.3) is 21.7 Å². The summed E-state index contributed by atoms with van der Waals surface area (Å²) >= 11 is 0. The van der Waals surface area contributed by atoms with Crippen molar-refractivity contribution in [2.45, 2.75) is 18.8 Å². The molecule has 2 heteroatoms. The van der Waals surface area contributed by atoms with E-state index in [1.807, 2.05) is 7.05 Å². The maximum absolute atomic E-state index is 4.93. The maximum atomic E-state index is 4.93. The minimum atomic E-state index is 0.676. The van der Waals surface area contributed by atoms with E-state index < -0.39 is 0 Å². The molecule has 0 bridgehead atoms. The SMILES string of the molecule is CNc1cc(C2CC2)nc2c1ccc1ccccc12. The minimum Gasteiger partial charge on any atom is -0.388 e. The van der Waals surface area contributed by atoms with Crippen molar-refractivity contribution in [1.82, 2.24) is 4.98 Å². The molecule has 1 aliphatic carbocycles. The Morgan fingerprint density at radius 3 is 2.68 bits per heavy atom. The molecular formula is C17H16N2. The second kappa shape index (κ2) is 3.95. The van der Waals surface area contributed by atoms with Gasteiger partial charge in [-0.25, -0.2) is 0 Å². The van der Waals surface area contributed by atoms with Gasteiger partial charge in [0, 0.05) is 35.1 Å². The van der Waals surface area contributed by atoms with Crippen molar-refractivity contribution in [2.24, 2.45) is 0 Å². The zero-order chi connectivity index (χ0) is 12.8. The predicted octanol–water partition coefficient (Wildman–Crippen LogP) is 4.31. The number of hydrogen-bond acceptors (Lipinski definition) is 2. The number of benzene rings is 2. The molecule has 0 spiro atoms. The Kier molecular flexibility index (Phi) is 2.25. The Labute approximate surface area is 112 Å². The summed E-state index contributed by atoms with van der Waals surface area (Å²) in [6.45, 7) is 0. The van der Waals surface area contributed by atoms with E-state index in [4.69, 9.17) is 4.98 Å². The molecule has 1 fully saturated rings. The summed E-state index contributed by atoms with van der Waals surface area (Å²) in [4.78, 5) is 4.93. The Bertz CT molecular complexity index is 773. The highest BCUT2D eigenvalue weighted by Crippen LogP contribution is 2.41. The summed E-state index contributed by atoms with van der Waals surface area (Å²) in [5.41, 5.74) is 3.57. The number of fused-ring (bicyclic) bond motifs is 3. The molecule has 19 heavy (non-hydrogen) atoms. The first-order chi connectivity index (χ1) is 9.36. The average Bonchev–Trinajstić information content (AvgIpc) is 3.30.